The fourth-order valence-corrected chi connectivity index (χ4v) is 5.59. The molecule has 0 saturated carbocycles. The molecule has 240 valence electrons. The fraction of sp³-hybridized carbons (Fsp3) is 0.324. The van der Waals surface area contributed by atoms with Crippen molar-refractivity contribution < 1.29 is 14.3 Å². The standard InChI is InChI=1S/C37H43N5O3S/c1-2-3-4-5-6-7-8-9-16-21-34-39-41-37(42(34)32-19-14-11-15-20-32)46-29-35(43)40-38-28-31-22-25-33(26-23-31)45-36(44)27-24-30-17-12-10-13-18-30/h10-15,17-20,22-28H,2-9,16,21,29H2,1H3,(H,40,43)/b27-24+,38-28-. The van der Waals surface area contributed by atoms with Gasteiger partial charge in [0.25, 0.3) is 5.91 Å². The van der Waals surface area contributed by atoms with Gasteiger partial charge in [-0.05, 0) is 60.0 Å². The van der Waals surface area contributed by atoms with Crippen molar-refractivity contribution in [1.29, 1.82) is 0 Å². The Kier molecular flexibility index (Phi) is 14.8. The lowest BCUT2D eigenvalue weighted by Gasteiger charge is -2.10. The Bertz CT molecular complexity index is 1540. The molecule has 0 aliphatic carbocycles. The van der Waals surface area contributed by atoms with E-state index >= 15 is 0 Å². The zero-order valence-corrected chi connectivity index (χ0v) is 27.3. The molecule has 1 N–H and O–H groups in total. The molecule has 0 aliphatic heterocycles. The summed E-state index contributed by atoms with van der Waals surface area (Å²) in [6, 6.07) is 26.4. The summed E-state index contributed by atoms with van der Waals surface area (Å²) < 4.78 is 7.40. The first-order valence-electron chi connectivity index (χ1n) is 16.1. The second kappa shape index (κ2) is 19.8. The number of ether oxygens (including phenoxy) is 1. The minimum atomic E-state index is -0.464. The van der Waals surface area contributed by atoms with Gasteiger partial charge in [-0.3, -0.25) is 9.36 Å². The highest BCUT2D eigenvalue weighted by Crippen LogP contribution is 2.23. The zero-order chi connectivity index (χ0) is 32.2. The van der Waals surface area contributed by atoms with Gasteiger partial charge in [-0.15, -0.1) is 10.2 Å². The first kappa shape index (κ1) is 34.4. The van der Waals surface area contributed by atoms with Crippen molar-refractivity contribution >= 4 is 35.9 Å². The molecule has 0 atom stereocenters. The van der Waals surface area contributed by atoms with Crippen LogP contribution >= 0.6 is 11.8 Å². The number of carbonyl (C=O) groups is 2. The van der Waals surface area contributed by atoms with Gasteiger partial charge in [0.15, 0.2) is 5.16 Å². The van der Waals surface area contributed by atoms with Crippen molar-refractivity contribution in [2.24, 2.45) is 5.10 Å². The number of aromatic nitrogens is 3. The molecule has 0 radical (unpaired) electrons. The van der Waals surface area contributed by atoms with Gasteiger partial charge in [0.1, 0.15) is 11.6 Å². The molecule has 3 aromatic carbocycles. The monoisotopic (exact) mass is 637 g/mol. The molecule has 1 aromatic heterocycles. The maximum atomic E-state index is 12.6. The van der Waals surface area contributed by atoms with E-state index in [4.69, 9.17) is 4.74 Å². The molecule has 0 aliphatic rings. The molecule has 9 heteroatoms. The van der Waals surface area contributed by atoms with E-state index in [9.17, 15) is 9.59 Å². The number of hydrogen-bond acceptors (Lipinski definition) is 7. The number of hydrogen-bond donors (Lipinski definition) is 1. The van der Waals surface area contributed by atoms with Gasteiger partial charge in [0, 0.05) is 18.2 Å². The van der Waals surface area contributed by atoms with Gasteiger partial charge in [-0.1, -0.05) is 119 Å². The number of aryl methyl sites for hydroxylation is 1. The topological polar surface area (TPSA) is 98.5 Å². The number of rotatable bonds is 19. The van der Waals surface area contributed by atoms with E-state index in [1.807, 2.05) is 60.7 Å². The van der Waals surface area contributed by atoms with Gasteiger partial charge in [0.05, 0.1) is 12.0 Å². The lowest BCUT2D eigenvalue weighted by Crippen LogP contribution is -2.20. The summed E-state index contributed by atoms with van der Waals surface area (Å²) in [6.45, 7) is 2.25. The number of amides is 1. The molecule has 4 aromatic rings. The first-order valence-corrected chi connectivity index (χ1v) is 17.1. The van der Waals surface area contributed by atoms with Crippen LogP contribution in [0, 0.1) is 0 Å². The zero-order valence-electron chi connectivity index (χ0n) is 26.5. The van der Waals surface area contributed by atoms with E-state index in [1.165, 1.54) is 69.2 Å². The second-order valence-electron chi connectivity index (χ2n) is 11.0. The molecule has 0 saturated heterocycles. The Morgan fingerprint density at radius 2 is 1.46 bits per heavy atom. The number of hydrazone groups is 1. The van der Waals surface area contributed by atoms with Crippen LogP contribution in [0.5, 0.6) is 5.75 Å². The Labute approximate surface area is 276 Å². The van der Waals surface area contributed by atoms with Gasteiger partial charge in [0.2, 0.25) is 0 Å². The number of unbranched alkanes of at least 4 members (excludes halogenated alkanes) is 8. The highest BCUT2D eigenvalue weighted by atomic mass is 32.2. The van der Waals surface area contributed by atoms with Crippen LogP contribution in [0.15, 0.2) is 101 Å². The molecule has 46 heavy (non-hydrogen) atoms. The smallest absolute Gasteiger partial charge is 0.336 e. The predicted molar refractivity (Wildman–Crippen MR) is 186 cm³/mol. The van der Waals surface area contributed by atoms with Crippen LogP contribution in [-0.2, 0) is 16.0 Å². The number of esters is 1. The summed E-state index contributed by atoms with van der Waals surface area (Å²) in [5, 5.41) is 13.7. The SMILES string of the molecule is CCCCCCCCCCCc1nnc(SCC(=O)N/N=C\c2ccc(OC(=O)/C=C/c3ccccc3)cc2)n1-c1ccccc1. The predicted octanol–water partition coefficient (Wildman–Crippen LogP) is 8.20. The Morgan fingerprint density at radius 1 is 0.804 bits per heavy atom. The van der Waals surface area contributed by atoms with Crippen LogP contribution in [0.2, 0.25) is 0 Å². The molecule has 0 unspecified atom stereocenters. The fourth-order valence-electron chi connectivity index (χ4n) is 4.83. The van der Waals surface area contributed by atoms with E-state index in [0.29, 0.717) is 10.9 Å². The Hall–Kier alpha value is -4.50. The molecular formula is C37H43N5O3S. The van der Waals surface area contributed by atoms with Crippen LogP contribution in [0.1, 0.15) is 81.7 Å². The summed E-state index contributed by atoms with van der Waals surface area (Å²) >= 11 is 1.33. The number of nitrogens with zero attached hydrogens (tertiary/aromatic N) is 4. The molecule has 0 spiro atoms. The Morgan fingerprint density at radius 3 is 2.15 bits per heavy atom. The number of carbonyl (C=O) groups excluding carboxylic acids is 2. The summed E-state index contributed by atoms with van der Waals surface area (Å²) in [7, 11) is 0. The first-order chi connectivity index (χ1) is 22.6. The number of nitrogens with one attached hydrogen (secondary N) is 1. The quantitative estimate of drug-likeness (QED) is 0.0212. The van der Waals surface area contributed by atoms with Crippen LogP contribution < -0.4 is 10.2 Å². The van der Waals surface area contributed by atoms with Crippen molar-refractivity contribution in [3.63, 3.8) is 0 Å². The van der Waals surface area contributed by atoms with Gasteiger partial charge in [-0.2, -0.15) is 5.10 Å². The lowest BCUT2D eigenvalue weighted by atomic mass is 10.1. The molecule has 8 nitrogen and oxygen atoms in total. The largest absolute Gasteiger partial charge is 0.423 e. The molecular weight excluding hydrogens is 595 g/mol. The highest BCUT2D eigenvalue weighted by molar-refractivity contribution is 7.99. The Balaban J connectivity index is 1.22. The van der Waals surface area contributed by atoms with Gasteiger partial charge < -0.3 is 4.74 Å². The summed E-state index contributed by atoms with van der Waals surface area (Å²) in [5.41, 5.74) is 5.22. The number of thioether (sulfide) groups is 1. The normalized spacial score (nSPS) is 11.3. The van der Waals surface area contributed by atoms with Crippen molar-refractivity contribution in [2.45, 2.75) is 76.3 Å². The minimum Gasteiger partial charge on any atom is -0.423 e. The van der Waals surface area contributed by atoms with Crippen molar-refractivity contribution in [3.8, 4) is 11.4 Å². The molecule has 4 rings (SSSR count). The van der Waals surface area contributed by atoms with E-state index in [-0.39, 0.29) is 11.7 Å². The summed E-state index contributed by atoms with van der Waals surface area (Å²) in [4.78, 5) is 24.7. The lowest BCUT2D eigenvalue weighted by molar-refractivity contribution is -0.129. The molecule has 1 amide bonds. The van der Waals surface area contributed by atoms with Crippen molar-refractivity contribution in [3.05, 3.63) is 108 Å². The van der Waals surface area contributed by atoms with Crippen molar-refractivity contribution in [2.75, 3.05) is 5.75 Å². The number of benzene rings is 3. The number of para-hydroxylation sites is 1. The minimum absolute atomic E-state index is 0.145. The maximum absolute atomic E-state index is 12.6. The average Bonchev–Trinajstić information content (AvgIpc) is 3.50. The van der Waals surface area contributed by atoms with Crippen LogP contribution in [0.25, 0.3) is 11.8 Å². The van der Waals surface area contributed by atoms with Gasteiger partial charge >= 0.3 is 5.97 Å². The van der Waals surface area contributed by atoms with Crippen LogP contribution in [0.4, 0.5) is 0 Å². The summed E-state index contributed by atoms with van der Waals surface area (Å²) in [5.74, 6) is 0.761. The average molecular weight is 638 g/mol. The maximum Gasteiger partial charge on any atom is 0.336 e. The van der Waals surface area contributed by atoms with E-state index < -0.39 is 5.97 Å². The molecule has 0 bridgehead atoms. The van der Waals surface area contributed by atoms with Crippen molar-refractivity contribution in [1.82, 2.24) is 20.2 Å². The third-order valence-corrected chi connectivity index (χ3v) is 8.19. The third kappa shape index (κ3) is 12.1. The van der Waals surface area contributed by atoms with E-state index in [1.54, 1.807) is 36.6 Å². The summed E-state index contributed by atoms with van der Waals surface area (Å²) in [6.07, 6.45) is 16.9. The molecule has 1 heterocycles. The second-order valence-corrected chi connectivity index (χ2v) is 11.9. The van der Waals surface area contributed by atoms with Crippen LogP contribution in [-0.4, -0.2) is 38.6 Å². The van der Waals surface area contributed by atoms with Crippen LogP contribution in [0.3, 0.4) is 0 Å². The molecule has 0 fully saturated rings. The van der Waals surface area contributed by atoms with E-state index in [0.717, 1.165) is 35.5 Å². The van der Waals surface area contributed by atoms with Gasteiger partial charge in [-0.25, -0.2) is 10.2 Å². The highest BCUT2D eigenvalue weighted by Gasteiger charge is 2.15. The third-order valence-electron chi connectivity index (χ3n) is 7.26. The van der Waals surface area contributed by atoms with E-state index in [2.05, 4.69) is 32.2 Å².